The number of hydrogen-bond donors (Lipinski definition) is 1. The van der Waals surface area contributed by atoms with Gasteiger partial charge < -0.3 is 15.5 Å². The zero-order chi connectivity index (χ0) is 13.1. The fourth-order valence-corrected chi connectivity index (χ4v) is 2.69. The van der Waals surface area contributed by atoms with E-state index in [0.29, 0.717) is 6.54 Å². The number of carbonyl (C=O) groups excluding carboxylic acids is 1. The second kappa shape index (κ2) is 5.71. The molecule has 1 heterocycles. The van der Waals surface area contributed by atoms with Crippen molar-refractivity contribution in [1.82, 2.24) is 9.80 Å². The molecule has 2 rings (SSSR count). The van der Waals surface area contributed by atoms with Gasteiger partial charge >= 0.3 is 6.03 Å². The van der Waals surface area contributed by atoms with Gasteiger partial charge in [0.15, 0.2) is 0 Å². The van der Waals surface area contributed by atoms with E-state index in [-0.39, 0.29) is 12.1 Å². The number of rotatable bonds is 4. The summed E-state index contributed by atoms with van der Waals surface area (Å²) in [6.07, 6.45) is 0.852. The van der Waals surface area contributed by atoms with E-state index in [1.54, 1.807) is 4.90 Å². The first kappa shape index (κ1) is 13.4. The van der Waals surface area contributed by atoms with E-state index in [0.717, 1.165) is 29.5 Å². The number of carbonyl (C=O) groups is 1. The molecule has 1 aliphatic heterocycles. The Morgan fingerprint density at radius 1 is 1.50 bits per heavy atom. The quantitative estimate of drug-likeness (QED) is 0.927. The molecule has 0 spiro atoms. The molecule has 5 heteroatoms. The number of nitrogens with two attached hydrogens (primary N) is 1. The van der Waals surface area contributed by atoms with E-state index in [2.05, 4.69) is 28.1 Å². The normalized spacial score (nSPS) is 19.7. The van der Waals surface area contributed by atoms with Gasteiger partial charge in [-0.1, -0.05) is 28.1 Å². The number of likely N-dealkylation sites (N-methyl/N-ethyl adjacent to an activating group) is 1. The van der Waals surface area contributed by atoms with E-state index in [1.807, 2.05) is 24.1 Å². The second-order valence-electron chi connectivity index (χ2n) is 4.55. The van der Waals surface area contributed by atoms with Crippen molar-refractivity contribution in [1.29, 1.82) is 0 Å². The second-order valence-corrected chi connectivity index (χ2v) is 5.47. The Kier molecular flexibility index (Phi) is 4.24. The summed E-state index contributed by atoms with van der Waals surface area (Å²) in [4.78, 5) is 15.8. The number of hydrogen-bond acceptors (Lipinski definition) is 2. The van der Waals surface area contributed by atoms with Crippen LogP contribution in [0.4, 0.5) is 4.79 Å². The van der Waals surface area contributed by atoms with Crippen molar-refractivity contribution in [3.8, 4) is 0 Å². The summed E-state index contributed by atoms with van der Waals surface area (Å²) in [7, 11) is 1.86. The fourth-order valence-electron chi connectivity index (χ4n) is 2.28. The molecule has 2 amide bonds. The van der Waals surface area contributed by atoms with Gasteiger partial charge in [-0.25, -0.2) is 4.79 Å². The van der Waals surface area contributed by atoms with Crippen LogP contribution in [0.3, 0.4) is 0 Å². The van der Waals surface area contributed by atoms with Crippen LogP contribution in [0, 0.1) is 0 Å². The van der Waals surface area contributed by atoms with E-state index >= 15 is 0 Å². The summed E-state index contributed by atoms with van der Waals surface area (Å²) in [5, 5.41) is 0. The van der Waals surface area contributed by atoms with E-state index in [4.69, 9.17) is 5.73 Å². The van der Waals surface area contributed by atoms with E-state index in [9.17, 15) is 4.79 Å². The van der Waals surface area contributed by atoms with Crippen LogP contribution in [0.1, 0.15) is 18.0 Å². The van der Waals surface area contributed by atoms with Gasteiger partial charge in [0.25, 0.3) is 0 Å². The summed E-state index contributed by atoms with van der Waals surface area (Å²) in [6.45, 7) is 2.10. The van der Waals surface area contributed by atoms with Crippen LogP contribution in [-0.2, 0) is 0 Å². The molecule has 0 bridgehead atoms. The van der Waals surface area contributed by atoms with Gasteiger partial charge in [0.1, 0.15) is 0 Å². The highest BCUT2D eigenvalue weighted by Gasteiger charge is 2.34. The molecular weight excluding hydrogens is 294 g/mol. The maximum absolute atomic E-state index is 12.1. The monoisotopic (exact) mass is 311 g/mol. The lowest BCUT2D eigenvalue weighted by Gasteiger charge is -2.18. The predicted octanol–water partition coefficient (Wildman–Crippen LogP) is 2.21. The molecule has 1 aromatic carbocycles. The Labute approximate surface area is 116 Å². The first-order valence-electron chi connectivity index (χ1n) is 6.10. The van der Waals surface area contributed by atoms with Crippen molar-refractivity contribution in [2.75, 3.05) is 26.7 Å². The van der Waals surface area contributed by atoms with Crippen molar-refractivity contribution in [2.45, 2.75) is 12.5 Å². The van der Waals surface area contributed by atoms with Gasteiger partial charge in [-0.15, -0.1) is 0 Å². The number of halogens is 1. The van der Waals surface area contributed by atoms with Crippen LogP contribution in [-0.4, -0.2) is 42.5 Å². The molecule has 2 N–H and O–H groups in total. The van der Waals surface area contributed by atoms with Crippen LogP contribution in [0.5, 0.6) is 0 Å². The third-order valence-corrected chi connectivity index (χ3v) is 3.79. The number of urea groups is 1. The lowest BCUT2D eigenvalue weighted by Crippen LogP contribution is -2.31. The lowest BCUT2D eigenvalue weighted by atomic mass is 10.1. The molecular formula is C13H18BrN3O. The Morgan fingerprint density at radius 2 is 2.28 bits per heavy atom. The van der Waals surface area contributed by atoms with Crippen molar-refractivity contribution in [3.63, 3.8) is 0 Å². The highest BCUT2D eigenvalue weighted by molar-refractivity contribution is 9.10. The Balaban J connectivity index is 2.13. The molecule has 98 valence electrons. The van der Waals surface area contributed by atoms with Crippen molar-refractivity contribution >= 4 is 22.0 Å². The van der Waals surface area contributed by atoms with Crippen LogP contribution < -0.4 is 5.73 Å². The molecule has 1 aromatic rings. The van der Waals surface area contributed by atoms with Gasteiger partial charge in [-0.3, -0.25) is 0 Å². The molecule has 1 unspecified atom stereocenters. The first-order chi connectivity index (χ1) is 8.63. The largest absolute Gasteiger partial charge is 0.330 e. The Morgan fingerprint density at radius 3 is 2.94 bits per heavy atom. The smallest absolute Gasteiger partial charge is 0.320 e. The average Bonchev–Trinajstić information content (AvgIpc) is 2.64. The first-order valence-corrected chi connectivity index (χ1v) is 6.90. The van der Waals surface area contributed by atoms with Crippen molar-refractivity contribution in [2.24, 2.45) is 5.73 Å². The number of nitrogens with zero attached hydrogens (tertiary/aromatic N) is 2. The van der Waals surface area contributed by atoms with E-state index in [1.165, 1.54) is 0 Å². The zero-order valence-electron chi connectivity index (χ0n) is 10.5. The number of benzene rings is 1. The SMILES string of the molecule is CN1C(=O)N(CCCN)CC1c1cccc(Br)c1. The van der Waals surface area contributed by atoms with E-state index < -0.39 is 0 Å². The maximum Gasteiger partial charge on any atom is 0.320 e. The van der Waals surface area contributed by atoms with Crippen LogP contribution in [0.2, 0.25) is 0 Å². The van der Waals surface area contributed by atoms with Crippen LogP contribution in [0.25, 0.3) is 0 Å². The maximum atomic E-state index is 12.1. The summed E-state index contributed by atoms with van der Waals surface area (Å²) < 4.78 is 1.04. The molecule has 0 aromatic heterocycles. The van der Waals surface area contributed by atoms with Crippen LogP contribution >= 0.6 is 15.9 Å². The van der Waals surface area contributed by atoms with Gasteiger partial charge in [-0.05, 0) is 30.7 Å². The Hall–Kier alpha value is -1.07. The standard InChI is InChI=1S/C13H18BrN3O/c1-16-12(10-4-2-5-11(14)8-10)9-17(13(16)18)7-3-6-15/h2,4-5,8,12H,3,6-7,9,15H2,1H3. The third kappa shape index (κ3) is 2.67. The van der Waals surface area contributed by atoms with Crippen LogP contribution in [0.15, 0.2) is 28.7 Å². The minimum atomic E-state index is 0.0911. The molecule has 1 atom stereocenters. The van der Waals surface area contributed by atoms with Gasteiger partial charge in [0, 0.05) is 24.6 Å². The highest BCUT2D eigenvalue weighted by atomic mass is 79.9. The molecule has 0 aliphatic carbocycles. The van der Waals surface area contributed by atoms with Gasteiger partial charge in [-0.2, -0.15) is 0 Å². The third-order valence-electron chi connectivity index (χ3n) is 3.30. The number of amides is 2. The summed E-state index contributed by atoms with van der Waals surface area (Å²) in [5.41, 5.74) is 6.66. The lowest BCUT2D eigenvalue weighted by molar-refractivity contribution is 0.195. The fraction of sp³-hybridized carbons (Fsp3) is 0.462. The predicted molar refractivity (Wildman–Crippen MR) is 75.3 cm³/mol. The molecule has 1 saturated heterocycles. The molecule has 1 fully saturated rings. The topological polar surface area (TPSA) is 49.6 Å². The minimum absolute atomic E-state index is 0.0911. The summed E-state index contributed by atoms with van der Waals surface area (Å²) >= 11 is 3.47. The Bertz CT molecular complexity index is 438. The minimum Gasteiger partial charge on any atom is -0.330 e. The average molecular weight is 312 g/mol. The van der Waals surface area contributed by atoms with Gasteiger partial charge in [0.2, 0.25) is 0 Å². The molecule has 0 radical (unpaired) electrons. The summed E-state index contributed by atoms with van der Waals surface area (Å²) in [5.74, 6) is 0. The molecule has 18 heavy (non-hydrogen) atoms. The van der Waals surface area contributed by atoms with Gasteiger partial charge in [0.05, 0.1) is 6.04 Å². The molecule has 0 saturated carbocycles. The highest BCUT2D eigenvalue weighted by Crippen LogP contribution is 2.29. The molecule has 4 nitrogen and oxygen atoms in total. The summed E-state index contributed by atoms with van der Waals surface area (Å²) in [6, 6.07) is 8.35. The zero-order valence-corrected chi connectivity index (χ0v) is 12.1. The van der Waals surface area contributed by atoms with Crippen molar-refractivity contribution in [3.05, 3.63) is 34.3 Å². The van der Waals surface area contributed by atoms with Crippen molar-refractivity contribution < 1.29 is 4.79 Å². The molecule has 1 aliphatic rings.